The molecule has 3 aromatic carbocycles. The van der Waals surface area contributed by atoms with Gasteiger partial charge in [0.1, 0.15) is 0 Å². The summed E-state index contributed by atoms with van der Waals surface area (Å²) in [5.41, 5.74) is 5.46. The third-order valence-electron chi connectivity index (χ3n) is 5.15. The molecule has 2 nitrogen and oxygen atoms in total. The van der Waals surface area contributed by atoms with E-state index in [9.17, 15) is 4.79 Å². The summed E-state index contributed by atoms with van der Waals surface area (Å²) in [4.78, 5) is 12.9. The predicted molar refractivity (Wildman–Crippen MR) is 113 cm³/mol. The molecule has 2 aliphatic heterocycles. The lowest BCUT2D eigenvalue weighted by Gasteiger charge is -2.35. The van der Waals surface area contributed by atoms with Crippen molar-refractivity contribution in [2.24, 2.45) is 0 Å². The Balaban J connectivity index is 1.87. The number of ketones is 1. The maximum absolute atomic E-state index is 12.9. The van der Waals surface area contributed by atoms with E-state index in [0.29, 0.717) is 5.75 Å². The summed E-state index contributed by atoms with van der Waals surface area (Å²) in [5.74, 6) is 1.61. The van der Waals surface area contributed by atoms with E-state index in [4.69, 9.17) is 0 Å². The summed E-state index contributed by atoms with van der Waals surface area (Å²) in [6.45, 7) is 0. The van der Waals surface area contributed by atoms with Gasteiger partial charge >= 0.3 is 0 Å². The van der Waals surface area contributed by atoms with Crippen molar-refractivity contribution in [3.63, 3.8) is 0 Å². The summed E-state index contributed by atoms with van der Waals surface area (Å²) in [6, 6.07) is 21.0. The number of fused-ring (bicyclic) bond motifs is 3. The molecule has 2 aliphatic rings. The fraction of sp³-hybridized carbons (Fsp3) is 0.136. The molecule has 128 valence electrons. The van der Waals surface area contributed by atoms with Crippen LogP contribution in [-0.4, -0.2) is 17.3 Å². The maximum atomic E-state index is 12.9. The smallest absolute Gasteiger partial charge is 0.171 e. The first kappa shape index (κ1) is 16.2. The Hall–Kier alpha value is -2.04. The quantitative estimate of drug-likeness (QED) is 0.543. The van der Waals surface area contributed by atoms with E-state index < -0.39 is 0 Å². The van der Waals surface area contributed by atoms with Crippen molar-refractivity contribution in [1.29, 1.82) is 0 Å². The Kier molecular flexibility index (Phi) is 3.91. The highest BCUT2D eigenvalue weighted by molar-refractivity contribution is 9.10. The fourth-order valence-corrected chi connectivity index (χ4v) is 5.44. The Morgan fingerprint density at radius 3 is 2.65 bits per heavy atom. The van der Waals surface area contributed by atoms with E-state index in [0.717, 1.165) is 32.7 Å². The van der Waals surface area contributed by atoms with E-state index in [1.807, 2.05) is 6.07 Å². The van der Waals surface area contributed by atoms with Crippen LogP contribution in [0.15, 0.2) is 76.4 Å². The SMILES string of the molecule is O=C1CSCC2=C1C(c1ccccc1Br)c1c(ccc3ccccc13)N2. The van der Waals surface area contributed by atoms with Crippen molar-refractivity contribution < 1.29 is 4.79 Å². The van der Waals surface area contributed by atoms with Crippen molar-refractivity contribution in [3.8, 4) is 0 Å². The van der Waals surface area contributed by atoms with Gasteiger partial charge in [-0.2, -0.15) is 0 Å². The summed E-state index contributed by atoms with van der Waals surface area (Å²) in [7, 11) is 0. The predicted octanol–water partition coefficient (Wildman–Crippen LogP) is 5.73. The summed E-state index contributed by atoms with van der Waals surface area (Å²) < 4.78 is 1.05. The van der Waals surface area contributed by atoms with Crippen LogP contribution in [0, 0.1) is 0 Å². The zero-order valence-corrected chi connectivity index (χ0v) is 16.4. The number of carbonyl (C=O) groups is 1. The number of Topliss-reactive ketones (excluding diaryl/α,β-unsaturated/α-hetero) is 1. The van der Waals surface area contributed by atoms with Crippen LogP contribution in [-0.2, 0) is 4.79 Å². The van der Waals surface area contributed by atoms with Crippen molar-refractivity contribution in [2.75, 3.05) is 16.8 Å². The van der Waals surface area contributed by atoms with Crippen LogP contribution in [0.2, 0.25) is 0 Å². The highest BCUT2D eigenvalue weighted by Crippen LogP contribution is 2.48. The average Bonchev–Trinajstić information content (AvgIpc) is 2.67. The molecular formula is C22H16BrNOS. The molecule has 0 amide bonds. The number of halogens is 1. The molecule has 26 heavy (non-hydrogen) atoms. The van der Waals surface area contributed by atoms with Gasteiger partial charge in [-0.25, -0.2) is 0 Å². The first-order valence-corrected chi connectivity index (χ1v) is 10.6. The molecule has 1 unspecified atom stereocenters. The first-order chi connectivity index (χ1) is 12.7. The number of carbonyl (C=O) groups excluding carboxylic acids is 1. The van der Waals surface area contributed by atoms with Crippen LogP contribution in [0.4, 0.5) is 5.69 Å². The second-order valence-corrected chi connectivity index (χ2v) is 8.48. The molecular weight excluding hydrogens is 406 g/mol. The van der Waals surface area contributed by atoms with E-state index in [-0.39, 0.29) is 11.7 Å². The molecule has 0 saturated carbocycles. The summed E-state index contributed by atoms with van der Waals surface area (Å²) in [5, 5.41) is 5.97. The minimum atomic E-state index is -0.0451. The van der Waals surface area contributed by atoms with Crippen LogP contribution in [0.1, 0.15) is 17.0 Å². The van der Waals surface area contributed by atoms with Gasteiger partial charge in [-0.15, -0.1) is 11.8 Å². The Bertz CT molecular complexity index is 1090. The van der Waals surface area contributed by atoms with Gasteiger partial charge in [0, 0.05) is 33.1 Å². The van der Waals surface area contributed by atoms with Crippen LogP contribution < -0.4 is 5.32 Å². The second-order valence-electron chi connectivity index (χ2n) is 6.64. The molecule has 4 heteroatoms. The van der Waals surface area contributed by atoms with Gasteiger partial charge in [0.15, 0.2) is 5.78 Å². The molecule has 0 aromatic heterocycles. The Labute approximate surface area is 164 Å². The number of hydrogen-bond donors (Lipinski definition) is 1. The highest BCUT2D eigenvalue weighted by Gasteiger charge is 2.36. The lowest BCUT2D eigenvalue weighted by atomic mass is 9.77. The van der Waals surface area contributed by atoms with Crippen molar-refractivity contribution in [1.82, 2.24) is 0 Å². The van der Waals surface area contributed by atoms with E-state index in [1.54, 1.807) is 11.8 Å². The number of benzene rings is 3. The fourth-order valence-electron chi connectivity index (χ4n) is 4.05. The lowest BCUT2D eigenvalue weighted by Crippen LogP contribution is -2.29. The number of thioether (sulfide) groups is 1. The van der Waals surface area contributed by atoms with E-state index in [1.165, 1.54) is 16.3 Å². The molecule has 0 spiro atoms. The minimum absolute atomic E-state index is 0.0451. The zero-order chi connectivity index (χ0) is 17.7. The van der Waals surface area contributed by atoms with Gasteiger partial charge in [-0.1, -0.05) is 64.5 Å². The molecule has 1 atom stereocenters. The molecule has 1 N–H and O–H groups in total. The number of nitrogens with one attached hydrogen (secondary N) is 1. The van der Waals surface area contributed by atoms with Gasteiger partial charge in [0.05, 0.1) is 5.75 Å². The molecule has 0 bridgehead atoms. The lowest BCUT2D eigenvalue weighted by molar-refractivity contribution is -0.113. The van der Waals surface area contributed by atoms with Crippen molar-refractivity contribution >= 4 is 49.9 Å². The van der Waals surface area contributed by atoms with Crippen LogP contribution in [0.5, 0.6) is 0 Å². The Morgan fingerprint density at radius 1 is 0.962 bits per heavy atom. The number of rotatable bonds is 1. The number of allylic oxidation sites excluding steroid dienone is 1. The maximum Gasteiger partial charge on any atom is 0.171 e. The molecule has 0 aliphatic carbocycles. The van der Waals surface area contributed by atoms with Gasteiger partial charge in [-0.3, -0.25) is 4.79 Å². The van der Waals surface area contributed by atoms with Gasteiger partial charge in [-0.05, 0) is 34.0 Å². The zero-order valence-electron chi connectivity index (χ0n) is 14.0. The topological polar surface area (TPSA) is 29.1 Å². The average molecular weight is 422 g/mol. The minimum Gasteiger partial charge on any atom is -0.358 e. The molecule has 0 radical (unpaired) electrons. The summed E-state index contributed by atoms with van der Waals surface area (Å²) >= 11 is 5.41. The molecule has 5 rings (SSSR count). The van der Waals surface area contributed by atoms with Crippen LogP contribution in [0.25, 0.3) is 10.8 Å². The standard InChI is InChI=1S/C22H16BrNOS/c23-16-8-4-3-7-15(16)21-20-14-6-2-1-5-13(14)9-10-17(20)24-18-11-26-12-19(25)22(18)21/h1-10,21,24H,11-12H2. The van der Waals surface area contributed by atoms with Crippen LogP contribution in [0.3, 0.4) is 0 Å². The molecule has 2 heterocycles. The molecule has 3 aromatic rings. The normalized spacial score (nSPS) is 19.1. The Morgan fingerprint density at radius 2 is 1.77 bits per heavy atom. The van der Waals surface area contributed by atoms with Crippen LogP contribution >= 0.6 is 27.7 Å². The van der Waals surface area contributed by atoms with E-state index >= 15 is 0 Å². The third-order valence-corrected chi connectivity index (χ3v) is 6.84. The van der Waals surface area contributed by atoms with Gasteiger partial charge < -0.3 is 5.32 Å². The van der Waals surface area contributed by atoms with Gasteiger partial charge in [0.25, 0.3) is 0 Å². The molecule has 0 fully saturated rings. The summed E-state index contributed by atoms with van der Waals surface area (Å²) in [6.07, 6.45) is 0. The van der Waals surface area contributed by atoms with Crippen molar-refractivity contribution in [2.45, 2.75) is 5.92 Å². The monoisotopic (exact) mass is 421 g/mol. The van der Waals surface area contributed by atoms with Crippen molar-refractivity contribution in [3.05, 3.63) is 87.5 Å². The highest BCUT2D eigenvalue weighted by atomic mass is 79.9. The number of hydrogen-bond acceptors (Lipinski definition) is 3. The first-order valence-electron chi connectivity index (χ1n) is 8.61. The van der Waals surface area contributed by atoms with E-state index in [2.05, 4.69) is 75.8 Å². The second kappa shape index (κ2) is 6.29. The molecule has 0 saturated heterocycles. The number of anilines is 1. The van der Waals surface area contributed by atoms with Gasteiger partial charge in [0.2, 0.25) is 0 Å². The third kappa shape index (κ3) is 2.43. The largest absolute Gasteiger partial charge is 0.358 e.